The van der Waals surface area contributed by atoms with Gasteiger partial charge in [-0.25, -0.2) is 0 Å². The molecular formula is C21H25ClN4O3. The number of piperidine rings is 1. The molecule has 4 rings (SSSR count). The van der Waals surface area contributed by atoms with E-state index in [9.17, 15) is 14.4 Å². The molecule has 0 radical (unpaired) electrons. The summed E-state index contributed by atoms with van der Waals surface area (Å²) in [6, 6.07) is 8.63. The number of carbonyl (C=O) groups excluding carboxylic acids is 3. The molecule has 3 heterocycles. The van der Waals surface area contributed by atoms with Crippen LogP contribution in [0.4, 0.5) is 0 Å². The Morgan fingerprint density at radius 2 is 1.76 bits per heavy atom. The van der Waals surface area contributed by atoms with Crippen molar-refractivity contribution in [3.63, 3.8) is 0 Å². The Balaban J connectivity index is 0.00000240. The van der Waals surface area contributed by atoms with Crippen LogP contribution in [0.15, 0.2) is 42.7 Å². The highest BCUT2D eigenvalue weighted by atomic mass is 35.5. The lowest BCUT2D eigenvalue weighted by molar-refractivity contribution is -0.135. The van der Waals surface area contributed by atoms with Crippen LogP contribution >= 0.6 is 12.4 Å². The summed E-state index contributed by atoms with van der Waals surface area (Å²) in [6.45, 7) is 3.13. The third kappa shape index (κ3) is 4.52. The number of H-pyrrole nitrogens is 1. The Labute approximate surface area is 175 Å². The van der Waals surface area contributed by atoms with Crippen LogP contribution in [0.5, 0.6) is 0 Å². The normalized spacial score (nSPS) is 19.6. The van der Waals surface area contributed by atoms with Gasteiger partial charge in [-0.05, 0) is 31.0 Å². The summed E-state index contributed by atoms with van der Waals surface area (Å²) >= 11 is 0. The third-order valence-electron chi connectivity index (χ3n) is 5.50. The molecule has 1 aromatic heterocycles. The summed E-state index contributed by atoms with van der Waals surface area (Å²) in [5.74, 6) is -0.0124. The summed E-state index contributed by atoms with van der Waals surface area (Å²) in [6.07, 6.45) is 5.19. The number of hydrogen-bond donors (Lipinski definition) is 2. The van der Waals surface area contributed by atoms with Crippen LogP contribution in [-0.2, 0) is 4.79 Å². The molecule has 2 fully saturated rings. The lowest BCUT2D eigenvalue weighted by Gasteiger charge is -2.41. The highest BCUT2D eigenvalue weighted by Gasteiger charge is 2.31. The van der Waals surface area contributed by atoms with Gasteiger partial charge in [0.15, 0.2) is 5.78 Å². The van der Waals surface area contributed by atoms with Crippen molar-refractivity contribution < 1.29 is 14.4 Å². The minimum Gasteiger partial charge on any atom is -0.367 e. The molecule has 0 spiro atoms. The van der Waals surface area contributed by atoms with Crippen LogP contribution < -0.4 is 5.32 Å². The number of aromatic amines is 1. The monoisotopic (exact) mass is 416 g/mol. The van der Waals surface area contributed by atoms with Crippen LogP contribution in [0.1, 0.15) is 39.1 Å². The summed E-state index contributed by atoms with van der Waals surface area (Å²) < 4.78 is 0. The van der Waals surface area contributed by atoms with Crippen LogP contribution in [-0.4, -0.2) is 71.1 Å². The number of likely N-dealkylation sites (tertiary alicyclic amines) is 1. The second-order valence-corrected chi connectivity index (χ2v) is 7.32. The van der Waals surface area contributed by atoms with Gasteiger partial charge in [0.05, 0.1) is 6.54 Å². The molecule has 0 aliphatic carbocycles. The van der Waals surface area contributed by atoms with Gasteiger partial charge in [-0.1, -0.05) is 12.1 Å². The SMILES string of the molecule is Cl.O=C(c1ccc(C(=O)N2CCCC(N3CCNCC3=O)C2)cc1)c1cc[nH]c1. The zero-order chi connectivity index (χ0) is 19.5. The van der Waals surface area contributed by atoms with Crippen molar-refractivity contribution in [3.8, 4) is 0 Å². The third-order valence-corrected chi connectivity index (χ3v) is 5.50. The fraction of sp³-hybridized carbons (Fsp3) is 0.381. The van der Waals surface area contributed by atoms with Crippen molar-refractivity contribution in [3.05, 3.63) is 59.4 Å². The predicted molar refractivity (Wildman–Crippen MR) is 111 cm³/mol. The van der Waals surface area contributed by atoms with Gasteiger partial charge < -0.3 is 20.1 Å². The van der Waals surface area contributed by atoms with E-state index >= 15 is 0 Å². The smallest absolute Gasteiger partial charge is 0.253 e. The lowest BCUT2D eigenvalue weighted by Crippen LogP contribution is -2.57. The summed E-state index contributed by atoms with van der Waals surface area (Å²) in [5, 5.41) is 3.09. The zero-order valence-corrected chi connectivity index (χ0v) is 16.9. The summed E-state index contributed by atoms with van der Waals surface area (Å²) in [5.41, 5.74) is 1.72. The average molecular weight is 417 g/mol. The molecule has 8 heteroatoms. The second-order valence-electron chi connectivity index (χ2n) is 7.32. The standard InChI is InChI=1S/C21H24N4O3.ClH/c26-19-13-23-9-11-25(19)18-2-1-10-24(14-18)21(28)16-5-3-15(4-6-16)20(27)17-7-8-22-12-17;/h3-8,12,18,22-23H,1-2,9-11,13-14H2;1H. The number of halogens is 1. The number of hydrogen-bond acceptors (Lipinski definition) is 4. The minimum absolute atomic E-state index is 0. The summed E-state index contributed by atoms with van der Waals surface area (Å²) in [7, 11) is 0. The van der Waals surface area contributed by atoms with Crippen LogP contribution in [0, 0.1) is 0 Å². The van der Waals surface area contributed by atoms with Crippen molar-refractivity contribution in [1.82, 2.24) is 20.1 Å². The van der Waals surface area contributed by atoms with Crippen molar-refractivity contribution in [2.75, 3.05) is 32.7 Å². The number of nitrogens with one attached hydrogen (secondary N) is 2. The molecular weight excluding hydrogens is 392 g/mol. The largest absolute Gasteiger partial charge is 0.367 e. The molecule has 29 heavy (non-hydrogen) atoms. The Bertz CT molecular complexity index is 867. The lowest BCUT2D eigenvalue weighted by atomic mass is 10.0. The quantitative estimate of drug-likeness (QED) is 0.743. The second kappa shape index (κ2) is 9.24. The number of amides is 2. The maximum Gasteiger partial charge on any atom is 0.253 e. The molecule has 2 saturated heterocycles. The fourth-order valence-corrected chi connectivity index (χ4v) is 3.98. The van der Waals surface area contributed by atoms with Crippen molar-refractivity contribution in [2.24, 2.45) is 0 Å². The number of ketones is 1. The topological polar surface area (TPSA) is 85.5 Å². The van der Waals surface area contributed by atoms with Crippen LogP contribution in [0.3, 0.4) is 0 Å². The van der Waals surface area contributed by atoms with E-state index in [1.54, 1.807) is 42.7 Å². The molecule has 0 saturated carbocycles. The average Bonchev–Trinajstić information content (AvgIpc) is 3.28. The van der Waals surface area contributed by atoms with E-state index in [2.05, 4.69) is 10.3 Å². The molecule has 0 bridgehead atoms. The predicted octanol–water partition coefficient (Wildman–Crippen LogP) is 1.70. The first-order chi connectivity index (χ1) is 13.6. The van der Waals surface area contributed by atoms with E-state index in [1.165, 1.54) is 0 Å². The molecule has 2 amide bonds. The zero-order valence-electron chi connectivity index (χ0n) is 16.1. The molecule has 7 nitrogen and oxygen atoms in total. The van der Waals surface area contributed by atoms with Gasteiger partial charge >= 0.3 is 0 Å². The molecule has 154 valence electrons. The number of rotatable bonds is 4. The van der Waals surface area contributed by atoms with Gasteiger partial charge in [-0.3, -0.25) is 14.4 Å². The van der Waals surface area contributed by atoms with Gasteiger partial charge in [0, 0.05) is 61.3 Å². The van der Waals surface area contributed by atoms with Crippen molar-refractivity contribution >= 4 is 30.0 Å². The molecule has 2 N–H and O–H groups in total. The van der Waals surface area contributed by atoms with Gasteiger partial charge in [0.25, 0.3) is 5.91 Å². The first kappa shape index (κ1) is 21.1. The first-order valence-corrected chi connectivity index (χ1v) is 9.70. The minimum atomic E-state index is -0.0736. The van der Waals surface area contributed by atoms with Gasteiger partial charge in [-0.15, -0.1) is 12.4 Å². The number of piperazine rings is 1. The van der Waals surface area contributed by atoms with E-state index in [-0.39, 0.29) is 36.0 Å². The van der Waals surface area contributed by atoms with Crippen LogP contribution in [0.2, 0.25) is 0 Å². The summed E-state index contributed by atoms with van der Waals surface area (Å²) in [4.78, 5) is 44.1. The Morgan fingerprint density at radius 3 is 2.45 bits per heavy atom. The van der Waals surface area contributed by atoms with E-state index in [0.29, 0.717) is 42.9 Å². The first-order valence-electron chi connectivity index (χ1n) is 9.70. The maximum atomic E-state index is 12.9. The van der Waals surface area contributed by atoms with Gasteiger partial charge in [-0.2, -0.15) is 0 Å². The Kier molecular flexibility index (Phi) is 6.71. The molecule has 2 aliphatic heterocycles. The molecule has 1 aromatic carbocycles. The van der Waals surface area contributed by atoms with E-state index in [4.69, 9.17) is 0 Å². The Morgan fingerprint density at radius 1 is 1.00 bits per heavy atom. The number of nitrogens with zero attached hydrogens (tertiary/aromatic N) is 2. The molecule has 2 aliphatic rings. The van der Waals surface area contributed by atoms with Gasteiger partial charge in [0.1, 0.15) is 0 Å². The molecule has 1 unspecified atom stereocenters. The highest BCUT2D eigenvalue weighted by molar-refractivity contribution is 6.09. The number of carbonyl (C=O) groups is 3. The fourth-order valence-electron chi connectivity index (χ4n) is 3.98. The van der Waals surface area contributed by atoms with Crippen molar-refractivity contribution in [1.29, 1.82) is 0 Å². The van der Waals surface area contributed by atoms with E-state index < -0.39 is 0 Å². The molecule has 1 atom stereocenters. The Hall–Kier alpha value is -2.64. The van der Waals surface area contributed by atoms with E-state index in [1.807, 2.05) is 9.80 Å². The van der Waals surface area contributed by atoms with Gasteiger partial charge in [0.2, 0.25) is 5.91 Å². The van der Waals surface area contributed by atoms with Crippen molar-refractivity contribution in [2.45, 2.75) is 18.9 Å². The van der Waals surface area contributed by atoms with E-state index in [0.717, 1.165) is 19.4 Å². The molecule has 2 aromatic rings. The van der Waals surface area contributed by atoms with Crippen LogP contribution in [0.25, 0.3) is 0 Å². The highest BCUT2D eigenvalue weighted by Crippen LogP contribution is 2.20. The number of aromatic nitrogens is 1. The maximum absolute atomic E-state index is 12.9. The number of benzene rings is 1.